The molecule has 0 aromatic carbocycles. The summed E-state index contributed by atoms with van der Waals surface area (Å²) in [6.07, 6.45) is 8.84. The van der Waals surface area contributed by atoms with Crippen molar-refractivity contribution in [2.75, 3.05) is 0 Å². The van der Waals surface area contributed by atoms with Crippen LogP contribution in [0.25, 0.3) is 6.08 Å². The van der Waals surface area contributed by atoms with E-state index >= 15 is 0 Å². The van der Waals surface area contributed by atoms with Gasteiger partial charge in [-0.3, -0.25) is 4.68 Å². The Morgan fingerprint density at radius 1 is 1.44 bits per heavy atom. The summed E-state index contributed by atoms with van der Waals surface area (Å²) in [5, 5.41) is 4.28. The van der Waals surface area contributed by atoms with Gasteiger partial charge < -0.3 is 0 Å². The molecule has 0 fully saturated rings. The molecule has 1 aromatic heterocycles. The molecule has 0 N–H and O–H groups in total. The second-order valence-corrected chi connectivity index (χ2v) is 5.27. The maximum absolute atomic E-state index is 4.28. The molecule has 1 heterocycles. The zero-order chi connectivity index (χ0) is 13.7. The third kappa shape index (κ3) is 3.86. The molecule has 0 radical (unpaired) electrons. The first-order chi connectivity index (χ1) is 8.45. The van der Waals surface area contributed by atoms with Crippen molar-refractivity contribution >= 4 is 6.08 Å². The zero-order valence-electron chi connectivity index (χ0n) is 12.6. The minimum absolute atomic E-state index is 0.625. The third-order valence-corrected chi connectivity index (χ3v) is 3.90. The van der Waals surface area contributed by atoms with Crippen molar-refractivity contribution in [1.82, 2.24) is 9.78 Å². The molecule has 1 atom stereocenters. The van der Waals surface area contributed by atoms with Gasteiger partial charge in [0.25, 0.3) is 0 Å². The summed E-state index contributed by atoms with van der Waals surface area (Å²) in [6.45, 7) is 11.0. The van der Waals surface area contributed by atoms with Crippen LogP contribution in [-0.2, 0) is 7.05 Å². The first-order valence-corrected chi connectivity index (χ1v) is 6.74. The number of hydrogen-bond donors (Lipinski definition) is 0. The minimum Gasteiger partial charge on any atom is -0.272 e. The van der Waals surface area contributed by atoms with Crippen molar-refractivity contribution in [1.29, 1.82) is 0 Å². The van der Waals surface area contributed by atoms with E-state index in [1.54, 1.807) is 0 Å². The van der Waals surface area contributed by atoms with E-state index in [9.17, 15) is 0 Å². The highest BCUT2D eigenvalue weighted by Gasteiger charge is 2.07. The lowest BCUT2D eigenvalue weighted by Crippen LogP contribution is -1.97. The van der Waals surface area contributed by atoms with E-state index in [-0.39, 0.29) is 0 Å². The number of allylic oxidation sites excluding steroid dienone is 3. The van der Waals surface area contributed by atoms with Crippen molar-refractivity contribution in [2.45, 2.75) is 47.5 Å². The maximum Gasteiger partial charge on any atom is 0.0564 e. The van der Waals surface area contributed by atoms with Gasteiger partial charge in [-0.25, -0.2) is 0 Å². The lowest BCUT2D eigenvalue weighted by atomic mass is 9.94. The average molecular weight is 246 g/mol. The molecule has 2 heteroatoms. The lowest BCUT2D eigenvalue weighted by Gasteiger charge is -2.12. The Hall–Kier alpha value is -1.31. The molecule has 0 aliphatic rings. The molecule has 0 aliphatic carbocycles. The van der Waals surface area contributed by atoms with E-state index in [1.165, 1.54) is 35.2 Å². The van der Waals surface area contributed by atoms with Gasteiger partial charge in [-0.15, -0.1) is 0 Å². The van der Waals surface area contributed by atoms with E-state index in [2.05, 4.69) is 51.9 Å². The Kier molecular flexibility index (Phi) is 5.39. The van der Waals surface area contributed by atoms with Crippen molar-refractivity contribution in [3.8, 4) is 0 Å². The molecular weight excluding hydrogens is 220 g/mol. The lowest BCUT2D eigenvalue weighted by molar-refractivity contribution is 0.614. The van der Waals surface area contributed by atoms with E-state index in [1.807, 2.05) is 17.9 Å². The zero-order valence-corrected chi connectivity index (χ0v) is 12.6. The smallest absolute Gasteiger partial charge is 0.0564 e. The molecule has 100 valence electrons. The van der Waals surface area contributed by atoms with Gasteiger partial charge in [-0.05, 0) is 46.5 Å². The maximum atomic E-state index is 4.28. The fourth-order valence-corrected chi connectivity index (χ4v) is 1.86. The van der Waals surface area contributed by atoms with Crippen LogP contribution in [0.4, 0.5) is 0 Å². The van der Waals surface area contributed by atoms with Gasteiger partial charge in [-0.1, -0.05) is 30.2 Å². The highest BCUT2D eigenvalue weighted by molar-refractivity contribution is 5.54. The van der Waals surface area contributed by atoms with Crippen molar-refractivity contribution in [3.63, 3.8) is 0 Å². The van der Waals surface area contributed by atoms with Crippen LogP contribution in [0.1, 0.15) is 51.8 Å². The SMILES string of the molecule is C/C=C(/C)CCC(C)/C(C)=C/c1cnn(C)c1C. The summed E-state index contributed by atoms with van der Waals surface area (Å²) < 4.78 is 1.92. The normalized spacial score (nSPS) is 15.0. The fraction of sp³-hybridized carbons (Fsp3) is 0.562. The van der Waals surface area contributed by atoms with E-state index in [0.29, 0.717) is 5.92 Å². The molecular formula is C16H26N2. The fourth-order valence-electron chi connectivity index (χ4n) is 1.86. The van der Waals surface area contributed by atoms with Crippen LogP contribution in [0, 0.1) is 12.8 Å². The average Bonchev–Trinajstić information content (AvgIpc) is 2.67. The van der Waals surface area contributed by atoms with Crippen LogP contribution < -0.4 is 0 Å². The molecule has 0 aliphatic heterocycles. The van der Waals surface area contributed by atoms with Gasteiger partial charge in [0, 0.05) is 18.3 Å². The Bertz CT molecular complexity index is 450. The van der Waals surface area contributed by atoms with Gasteiger partial charge in [0.05, 0.1) is 6.20 Å². The standard InChI is InChI=1S/C16H26N2/c1-7-12(2)8-9-13(3)14(4)10-16-11-17-18(6)15(16)5/h7,10-11,13H,8-9H2,1-6H3/b12-7-,14-10+. The van der Waals surface area contributed by atoms with Gasteiger partial charge in [0.2, 0.25) is 0 Å². The van der Waals surface area contributed by atoms with E-state index in [0.717, 1.165) is 0 Å². The Balaban J connectivity index is 2.68. The minimum atomic E-state index is 0.625. The topological polar surface area (TPSA) is 17.8 Å². The van der Waals surface area contributed by atoms with Crippen LogP contribution >= 0.6 is 0 Å². The molecule has 1 rings (SSSR count). The molecule has 0 amide bonds. The number of hydrogen-bond acceptors (Lipinski definition) is 1. The molecule has 1 aromatic rings. The van der Waals surface area contributed by atoms with Crippen LogP contribution in [0.5, 0.6) is 0 Å². The summed E-state index contributed by atoms with van der Waals surface area (Å²) in [4.78, 5) is 0. The van der Waals surface area contributed by atoms with Crippen molar-refractivity contribution in [3.05, 3.63) is 34.7 Å². The summed E-state index contributed by atoms with van der Waals surface area (Å²) in [7, 11) is 1.99. The highest BCUT2D eigenvalue weighted by atomic mass is 15.3. The quantitative estimate of drug-likeness (QED) is 0.699. The second-order valence-electron chi connectivity index (χ2n) is 5.27. The van der Waals surface area contributed by atoms with Gasteiger partial charge in [0.15, 0.2) is 0 Å². The van der Waals surface area contributed by atoms with Gasteiger partial charge in [0.1, 0.15) is 0 Å². The number of nitrogens with zero attached hydrogens (tertiary/aromatic N) is 2. The predicted octanol–water partition coefficient (Wildman–Crippen LogP) is 4.51. The molecule has 1 unspecified atom stereocenters. The molecule has 0 saturated heterocycles. The van der Waals surface area contributed by atoms with Crippen LogP contribution in [0.2, 0.25) is 0 Å². The van der Waals surface area contributed by atoms with Crippen LogP contribution in [0.3, 0.4) is 0 Å². The molecule has 0 spiro atoms. The Morgan fingerprint density at radius 3 is 2.61 bits per heavy atom. The number of aryl methyl sites for hydroxylation is 1. The van der Waals surface area contributed by atoms with Crippen molar-refractivity contribution in [2.24, 2.45) is 13.0 Å². The third-order valence-electron chi connectivity index (χ3n) is 3.90. The second kappa shape index (κ2) is 6.58. The summed E-state index contributed by atoms with van der Waals surface area (Å²) in [5.41, 5.74) is 5.39. The Labute approximate surface area is 111 Å². The first kappa shape index (κ1) is 14.7. The first-order valence-electron chi connectivity index (χ1n) is 6.74. The molecule has 2 nitrogen and oxygen atoms in total. The predicted molar refractivity (Wildman–Crippen MR) is 79.4 cm³/mol. The molecule has 0 bridgehead atoms. The molecule has 18 heavy (non-hydrogen) atoms. The van der Waals surface area contributed by atoms with Crippen LogP contribution in [-0.4, -0.2) is 9.78 Å². The monoisotopic (exact) mass is 246 g/mol. The largest absolute Gasteiger partial charge is 0.272 e. The van der Waals surface area contributed by atoms with Gasteiger partial charge >= 0.3 is 0 Å². The summed E-state index contributed by atoms with van der Waals surface area (Å²) >= 11 is 0. The number of aromatic nitrogens is 2. The summed E-state index contributed by atoms with van der Waals surface area (Å²) in [5.74, 6) is 0.625. The van der Waals surface area contributed by atoms with Gasteiger partial charge in [-0.2, -0.15) is 5.10 Å². The summed E-state index contributed by atoms with van der Waals surface area (Å²) in [6, 6.07) is 0. The number of rotatable bonds is 5. The highest BCUT2D eigenvalue weighted by Crippen LogP contribution is 2.22. The van der Waals surface area contributed by atoms with Crippen LogP contribution in [0.15, 0.2) is 23.4 Å². The Morgan fingerprint density at radius 2 is 2.11 bits per heavy atom. The van der Waals surface area contributed by atoms with E-state index < -0.39 is 0 Å². The van der Waals surface area contributed by atoms with Crippen molar-refractivity contribution < 1.29 is 0 Å². The molecule has 0 saturated carbocycles. The van der Waals surface area contributed by atoms with E-state index in [4.69, 9.17) is 0 Å².